The Morgan fingerprint density at radius 2 is 1.12 bits per heavy atom. The number of hydrogen-bond acceptors (Lipinski definition) is 0. The second-order valence-corrected chi connectivity index (χ2v) is 6.18. The molecule has 0 bridgehead atoms. The molecule has 0 aliphatic carbocycles. The lowest BCUT2D eigenvalue weighted by Crippen LogP contribution is -1.93. The van der Waals surface area contributed by atoms with Gasteiger partial charge in [0, 0.05) is 40.6 Å². The van der Waals surface area contributed by atoms with Crippen molar-refractivity contribution in [2.75, 3.05) is 0 Å². The van der Waals surface area contributed by atoms with Crippen LogP contribution in [0, 0.1) is 24.7 Å². The first kappa shape index (κ1) is 15.2. The van der Waals surface area contributed by atoms with Crippen LogP contribution in [0.25, 0.3) is 21.8 Å². The lowest BCUT2D eigenvalue weighted by atomic mass is 10.0. The Labute approximate surface area is 147 Å². The van der Waals surface area contributed by atoms with Gasteiger partial charge in [-0.05, 0) is 23.3 Å². The predicted octanol–water partition coefficient (Wildman–Crippen LogP) is 4.45. The maximum absolute atomic E-state index is 5.53. The summed E-state index contributed by atoms with van der Waals surface area (Å²) in [5.74, 6) is 5.48. The summed E-state index contributed by atoms with van der Waals surface area (Å²) < 4.78 is 4.29. The molecular formula is C23H18N2. The molecule has 0 unspecified atom stereocenters. The Kier molecular flexibility index (Phi) is 3.81. The van der Waals surface area contributed by atoms with E-state index in [0.29, 0.717) is 13.1 Å². The Bertz CT molecular complexity index is 1050. The summed E-state index contributed by atoms with van der Waals surface area (Å²) in [4.78, 5) is 0. The topological polar surface area (TPSA) is 9.86 Å². The highest BCUT2D eigenvalue weighted by Gasteiger charge is 2.12. The van der Waals surface area contributed by atoms with Crippen molar-refractivity contribution >= 4 is 21.8 Å². The number of para-hydroxylation sites is 2. The maximum Gasteiger partial charge on any atom is 0.0835 e. The maximum atomic E-state index is 5.53. The molecule has 0 saturated carbocycles. The molecule has 4 aromatic rings. The molecule has 2 aromatic carbocycles. The molecule has 2 heteroatoms. The van der Waals surface area contributed by atoms with E-state index in [0.717, 1.165) is 6.42 Å². The van der Waals surface area contributed by atoms with Gasteiger partial charge in [0.25, 0.3) is 0 Å². The van der Waals surface area contributed by atoms with Gasteiger partial charge in [0.15, 0.2) is 0 Å². The van der Waals surface area contributed by atoms with E-state index >= 15 is 0 Å². The van der Waals surface area contributed by atoms with Gasteiger partial charge < -0.3 is 9.13 Å². The quantitative estimate of drug-likeness (QED) is 0.491. The minimum Gasteiger partial charge on any atom is -0.336 e. The first-order valence-electron chi connectivity index (χ1n) is 8.32. The van der Waals surface area contributed by atoms with E-state index in [1.54, 1.807) is 0 Å². The summed E-state index contributed by atoms with van der Waals surface area (Å²) in [5, 5.41) is 2.51. The van der Waals surface area contributed by atoms with Crippen molar-refractivity contribution in [3.63, 3.8) is 0 Å². The van der Waals surface area contributed by atoms with E-state index < -0.39 is 0 Å². The average Bonchev–Trinajstić information content (AvgIpc) is 3.16. The Morgan fingerprint density at radius 1 is 0.680 bits per heavy atom. The van der Waals surface area contributed by atoms with Crippen LogP contribution in [0.3, 0.4) is 0 Å². The minimum atomic E-state index is 0.583. The van der Waals surface area contributed by atoms with E-state index in [2.05, 4.69) is 81.9 Å². The number of benzene rings is 2. The van der Waals surface area contributed by atoms with Crippen molar-refractivity contribution in [3.05, 3.63) is 72.1 Å². The van der Waals surface area contributed by atoms with Gasteiger partial charge in [0.05, 0.1) is 13.1 Å². The van der Waals surface area contributed by atoms with Crippen LogP contribution >= 0.6 is 0 Å². The first-order chi connectivity index (χ1) is 12.3. The number of nitrogens with zero attached hydrogens (tertiary/aromatic N) is 2. The SMILES string of the molecule is C#CCn1cc(Cc2cn(CC#C)c3ccccc23)c2ccccc21. The second-order valence-electron chi connectivity index (χ2n) is 6.18. The zero-order valence-corrected chi connectivity index (χ0v) is 13.9. The molecule has 2 heterocycles. The first-order valence-corrected chi connectivity index (χ1v) is 8.32. The number of rotatable bonds is 4. The van der Waals surface area contributed by atoms with Crippen molar-refractivity contribution in [2.45, 2.75) is 19.5 Å². The van der Waals surface area contributed by atoms with Crippen LogP contribution in [-0.4, -0.2) is 9.13 Å². The van der Waals surface area contributed by atoms with Gasteiger partial charge in [0.2, 0.25) is 0 Å². The molecule has 120 valence electrons. The molecule has 0 spiro atoms. The summed E-state index contributed by atoms with van der Waals surface area (Å²) in [6.07, 6.45) is 16.3. The molecule has 0 atom stereocenters. The lowest BCUT2D eigenvalue weighted by Gasteiger charge is -1.98. The minimum absolute atomic E-state index is 0.583. The summed E-state index contributed by atoms with van der Waals surface area (Å²) in [5.41, 5.74) is 4.94. The molecule has 0 fully saturated rings. The standard InChI is InChI=1S/C23H18N2/c1-3-13-24-16-18(20-9-5-7-11-22(20)24)15-19-17-25(14-4-2)23-12-8-6-10-21(19)23/h1-2,5-12,16-17H,13-15H2. The normalized spacial score (nSPS) is 10.8. The zero-order chi connectivity index (χ0) is 17.2. The van der Waals surface area contributed by atoms with Crippen molar-refractivity contribution in [3.8, 4) is 24.7 Å². The van der Waals surface area contributed by atoms with Gasteiger partial charge in [-0.25, -0.2) is 0 Å². The molecule has 2 aromatic heterocycles. The van der Waals surface area contributed by atoms with Crippen LogP contribution in [0.5, 0.6) is 0 Å². The lowest BCUT2D eigenvalue weighted by molar-refractivity contribution is 0.873. The third-order valence-corrected chi connectivity index (χ3v) is 4.65. The van der Waals surface area contributed by atoms with E-state index in [-0.39, 0.29) is 0 Å². The molecule has 2 nitrogen and oxygen atoms in total. The summed E-state index contributed by atoms with van der Waals surface area (Å²) in [7, 11) is 0. The smallest absolute Gasteiger partial charge is 0.0835 e. The van der Waals surface area contributed by atoms with Crippen molar-refractivity contribution in [1.29, 1.82) is 0 Å². The summed E-state index contributed by atoms with van der Waals surface area (Å²) >= 11 is 0. The fourth-order valence-corrected chi connectivity index (χ4v) is 3.59. The van der Waals surface area contributed by atoms with Crippen molar-refractivity contribution < 1.29 is 0 Å². The highest BCUT2D eigenvalue weighted by atomic mass is 15.0. The predicted molar refractivity (Wildman–Crippen MR) is 104 cm³/mol. The monoisotopic (exact) mass is 322 g/mol. The highest BCUT2D eigenvalue weighted by molar-refractivity contribution is 5.87. The molecule has 0 amide bonds. The van der Waals surface area contributed by atoms with Crippen LogP contribution in [0.15, 0.2) is 60.9 Å². The van der Waals surface area contributed by atoms with Crippen LogP contribution in [-0.2, 0) is 19.5 Å². The van der Waals surface area contributed by atoms with Gasteiger partial charge in [-0.3, -0.25) is 0 Å². The Hall–Kier alpha value is -3.36. The molecule has 0 radical (unpaired) electrons. The van der Waals surface area contributed by atoms with Gasteiger partial charge in [-0.1, -0.05) is 48.2 Å². The van der Waals surface area contributed by atoms with E-state index in [1.807, 2.05) is 0 Å². The van der Waals surface area contributed by atoms with Gasteiger partial charge >= 0.3 is 0 Å². The Morgan fingerprint density at radius 3 is 1.56 bits per heavy atom. The summed E-state index contributed by atoms with van der Waals surface area (Å²) in [6, 6.07) is 16.8. The number of hydrogen-bond donors (Lipinski definition) is 0. The molecular weight excluding hydrogens is 304 g/mol. The molecule has 4 rings (SSSR count). The van der Waals surface area contributed by atoms with E-state index in [4.69, 9.17) is 12.8 Å². The second kappa shape index (κ2) is 6.27. The van der Waals surface area contributed by atoms with Gasteiger partial charge in [0.1, 0.15) is 0 Å². The van der Waals surface area contributed by atoms with Gasteiger partial charge in [-0.15, -0.1) is 12.8 Å². The fourth-order valence-electron chi connectivity index (χ4n) is 3.59. The van der Waals surface area contributed by atoms with Crippen LogP contribution < -0.4 is 0 Å². The van der Waals surface area contributed by atoms with Gasteiger partial charge in [-0.2, -0.15) is 0 Å². The highest BCUT2D eigenvalue weighted by Crippen LogP contribution is 2.28. The number of aromatic nitrogens is 2. The molecule has 0 aliphatic rings. The average molecular weight is 322 g/mol. The largest absolute Gasteiger partial charge is 0.336 e. The molecule has 0 aliphatic heterocycles. The fraction of sp³-hybridized carbons (Fsp3) is 0.130. The number of fused-ring (bicyclic) bond motifs is 2. The Balaban J connectivity index is 1.84. The van der Waals surface area contributed by atoms with E-state index in [9.17, 15) is 0 Å². The van der Waals surface area contributed by atoms with Crippen LogP contribution in [0.1, 0.15) is 11.1 Å². The van der Waals surface area contributed by atoms with E-state index in [1.165, 1.54) is 32.9 Å². The zero-order valence-electron chi connectivity index (χ0n) is 13.9. The third kappa shape index (κ3) is 2.59. The molecule has 0 saturated heterocycles. The summed E-state index contributed by atoms with van der Waals surface area (Å²) in [6.45, 7) is 1.17. The van der Waals surface area contributed by atoms with Crippen molar-refractivity contribution in [1.82, 2.24) is 9.13 Å². The number of terminal acetylenes is 2. The third-order valence-electron chi connectivity index (χ3n) is 4.65. The van der Waals surface area contributed by atoms with Crippen LogP contribution in [0.2, 0.25) is 0 Å². The molecule has 25 heavy (non-hydrogen) atoms. The van der Waals surface area contributed by atoms with Crippen LogP contribution in [0.4, 0.5) is 0 Å². The molecule has 0 N–H and O–H groups in total. The van der Waals surface area contributed by atoms with Crippen molar-refractivity contribution in [2.24, 2.45) is 0 Å².